The van der Waals surface area contributed by atoms with Crippen LogP contribution in [-0.2, 0) is 4.74 Å². The van der Waals surface area contributed by atoms with Crippen LogP contribution in [0.2, 0.25) is 0 Å². The largest absolute Gasteiger partial charge is 0.491 e. The Balaban J connectivity index is 2.35. The molecule has 0 unspecified atom stereocenters. The van der Waals surface area contributed by atoms with Crippen LogP contribution in [0.15, 0.2) is 18.2 Å². The fourth-order valence-corrected chi connectivity index (χ4v) is 2.41. The molecule has 1 aliphatic heterocycles. The summed E-state index contributed by atoms with van der Waals surface area (Å²) in [6, 6.07) is 5.28. The summed E-state index contributed by atoms with van der Waals surface area (Å²) >= 11 is 0. The molecule has 1 fully saturated rings. The van der Waals surface area contributed by atoms with Crippen molar-refractivity contribution in [3.05, 3.63) is 23.8 Å². The molecular weight excluding hydrogens is 256 g/mol. The monoisotopic (exact) mass is 278 g/mol. The molecule has 2 N–H and O–H groups in total. The van der Waals surface area contributed by atoms with Gasteiger partial charge in [-0.15, -0.1) is 0 Å². The van der Waals surface area contributed by atoms with Crippen molar-refractivity contribution < 1.29 is 14.3 Å². The number of morpholine rings is 1. The van der Waals surface area contributed by atoms with Crippen molar-refractivity contribution in [3.63, 3.8) is 0 Å². The average Bonchev–Trinajstić information content (AvgIpc) is 2.40. The van der Waals surface area contributed by atoms with E-state index >= 15 is 0 Å². The number of carbonyl (C=O) groups is 1. The lowest BCUT2D eigenvalue weighted by atomic mass is 10.0. The normalized spacial score (nSPS) is 17.9. The van der Waals surface area contributed by atoms with Crippen molar-refractivity contribution in [3.8, 4) is 5.75 Å². The maximum atomic E-state index is 12.8. The van der Waals surface area contributed by atoms with Crippen LogP contribution in [0.3, 0.4) is 0 Å². The fraction of sp³-hybridized carbons (Fsp3) is 0.533. The molecule has 1 saturated heterocycles. The van der Waals surface area contributed by atoms with Gasteiger partial charge >= 0.3 is 0 Å². The minimum absolute atomic E-state index is 0.0611. The molecule has 0 radical (unpaired) electrons. The van der Waals surface area contributed by atoms with Gasteiger partial charge in [-0.1, -0.05) is 6.07 Å². The van der Waals surface area contributed by atoms with Crippen LogP contribution < -0.4 is 10.5 Å². The first-order valence-corrected chi connectivity index (χ1v) is 6.88. The molecule has 0 aliphatic carbocycles. The number of benzene rings is 1. The molecule has 1 aromatic rings. The second kappa shape index (κ2) is 5.71. The van der Waals surface area contributed by atoms with Gasteiger partial charge in [-0.3, -0.25) is 4.79 Å². The first-order valence-electron chi connectivity index (χ1n) is 6.88. The van der Waals surface area contributed by atoms with Crippen LogP contribution in [-0.4, -0.2) is 42.7 Å². The average molecular weight is 278 g/mol. The second-order valence-electron chi connectivity index (χ2n) is 5.48. The summed E-state index contributed by atoms with van der Waals surface area (Å²) in [5.41, 5.74) is 6.60. The molecule has 5 nitrogen and oxygen atoms in total. The minimum atomic E-state index is -0.330. The Bertz CT molecular complexity index is 500. The molecule has 20 heavy (non-hydrogen) atoms. The standard InChI is InChI=1S/C15H22N2O3/c1-4-20-13-11(6-5-7-12(13)16)14(18)17-8-9-19-10-15(17,2)3/h5-7H,4,8-10,16H2,1-3H3. The molecule has 5 heteroatoms. The number of nitrogens with zero attached hydrogens (tertiary/aromatic N) is 1. The number of hydrogen-bond donors (Lipinski definition) is 1. The molecule has 1 aliphatic rings. The first kappa shape index (κ1) is 14.7. The summed E-state index contributed by atoms with van der Waals surface area (Å²) in [4.78, 5) is 14.6. The number of amides is 1. The fourth-order valence-electron chi connectivity index (χ4n) is 2.41. The van der Waals surface area contributed by atoms with E-state index in [0.29, 0.717) is 43.4 Å². The van der Waals surface area contributed by atoms with Gasteiger partial charge in [-0.05, 0) is 32.9 Å². The second-order valence-corrected chi connectivity index (χ2v) is 5.48. The van der Waals surface area contributed by atoms with E-state index in [1.807, 2.05) is 25.7 Å². The van der Waals surface area contributed by atoms with Gasteiger partial charge < -0.3 is 20.1 Å². The summed E-state index contributed by atoms with van der Waals surface area (Å²) < 4.78 is 11.0. The van der Waals surface area contributed by atoms with Gasteiger partial charge in [0.05, 0.1) is 36.6 Å². The number of hydrogen-bond acceptors (Lipinski definition) is 4. The van der Waals surface area contributed by atoms with Crippen LogP contribution in [0.25, 0.3) is 0 Å². The Kier molecular flexibility index (Phi) is 4.18. The molecule has 1 heterocycles. The first-order chi connectivity index (χ1) is 9.47. The molecular formula is C15H22N2O3. The van der Waals surface area contributed by atoms with E-state index in [1.54, 1.807) is 18.2 Å². The number of ether oxygens (including phenoxy) is 2. The number of nitrogen functional groups attached to an aromatic ring is 1. The number of carbonyl (C=O) groups excluding carboxylic acids is 1. The van der Waals surface area contributed by atoms with Gasteiger partial charge in [0.15, 0.2) is 5.75 Å². The van der Waals surface area contributed by atoms with E-state index in [-0.39, 0.29) is 11.4 Å². The Morgan fingerprint density at radius 1 is 1.50 bits per heavy atom. The third-order valence-corrected chi connectivity index (χ3v) is 3.45. The Labute approximate surface area is 119 Å². The van der Waals surface area contributed by atoms with Gasteiger partial charge in [0.2, 0.25) is 0 Å². The third kappa shape index (κ3) is 2.72. The van der Waals surface area contributed by atoms with E-state index < -0.39 is 0 Å². The molecule has 0 aromatic heterocycles. The predicted molar refractivity (Wildman–Crippen MR) is 78.0 cm³/mol. The molecule has 110 valence electrons. The molecule has 1 amide bonds. The van der Waals surface area contributed by atoms with Gasteiger partial charge in [0.25, 0.3) is 5.91 Å². The number of rotatable bonds is 3. The van der Waals surface area contributed by atoms with E-state index in [0.717, 1.165) is 0 Å². The molecule has 0 saturated carbocycles. The highest BCUT2D eigenvalue weighted by Gasteiger charge is 2.35. The SMILES string of the molecule is CCOc1c(N)cccc1C(=O)N1CCOCC1(C)C. The Morgan fingerprint density at radius 3 is 2.90 bits per heavy atom. The topological polar surface area (TPSA) is 64.8 Å². The minimum Gasteiger partial charge on any atom is -0.491 e. The van der Waals surface area contributed by atoms with Crippen LogP contribution in [0.4, 0.5) is 5.69 Å². The van der Waals surface area contributed by atoms with Crippen LogP contribution in [0, 0.1) is 0 Å². The Hall–Kier alpha value is -1.75. The van der Waals surface area contributed by atoms with Crippen LogP contribution in [0.1, 0.15) is 31.1 Å². The Morgan fingerprint density at radius 2 is 2.25 bits per heavy atom. The molecule has 2 rings (SSSR count). The summed E-state index contributed by atoms with van der Waals surface area (Å²) in [7, 11) is 0. The quantitative estimate of drug-likeness (QED) is 0.858. The lowest BCUT2D eigenvalue weighted by Crippen LogP contribution is -2.55. The maximum absolute atomic E-state index is 12.8. The van der Waals surface area contributed by atoms with Gasteiger partial charge in [0.1, 0.15) is 0 Å². The molecule has 0 spiro atoms. The molecule has 0 atom stereocenters. The van der Waals surface area contributed by atoms with Crippen LogP contribution in [0.5, 0.6) is 5.75 Å². The molecule has 0 bridgehead atoms. The number of nitrogens with two attached hydrogens (primary N) is 1. The smallest absolute Gasteiger partial charge is 0.258 e. The predicted octanol–water partition coefficient (Wildman–Crippen LogP) is 1.92. The zero-order valence-electron chi connectivity index (χ0n) is 12.3. The summed E-state index contributed by atoms with van der Waals surface area (Å²) in [5.74, 6) is 0.413. The van der Waals surface area contributed by atoms with Gasteiger partial charge in [-0.2, -0.15) is 0 Å². The van der Waals surface area contributed by atoms with Crippen molar-refractivity contribution in [1.29, 1.82) is 0 Å². The highest BCUT2D eigenvalue weighted by atomic mass is 16.5. The van der Waals surface area contributed by atoms with Crippen molar-refractivity contribution >= 4 is 11.6 Å². The van der Waals surface area contributed by atoms with Crippen molar-refractivity contribution in [2.75, 3.05) is 32.1 Å². The van der Waals surface area contributed by atoms with Crippen molar-refractivity contribution in [2.45, 2.75) is 26.3 Å². The summed E-state index contributed by atoms with van der Waals surface area (Å²) in [6.07, 6.45) is 0. The maximum Gasteiger partial charge on any atom is 0.258 e. The van der Waals surface area contributed by atoms with Crippen molar-refractivity contribution in [2.24, 2.45) is 0 Å². The van der Waals surface area contributed by atoms with E-state index in [9.17, 15) is 4.79 Å². The van der Waals surface area contributed by atoms with Gasteiger partial charge in [-0.25, -0.2) is 0 Å². The van der Waals surface area contributed by atoms with E-state index in [1.165, 1.54) is 0 Å². The van der Waals surface area contributed by atoms with Gasteiger partial charge in [0, 0.05) is 6.54 Å². The zero-order valence-corrected chi connectivity index (χ0v) is 12.3. The molecule has 1 aromatic carbocycles. The summed E-state index contributed by atoms with van der Waals surface area (Å²) in [6.45, 7) is 8.01. The lowest BCUT2D eigenvalue weighted by Gasteiger charge is -2.42. The van der Waals surface area contributed by atoms with E-state index in [2.05, 4.69) is 0 Å². The highest BCUT2D eigenvalue weighted by Crippen LogP contribution is 2.30. The van der Waals surface area contributed by atoms with Crippen molar-refractivity contribution in [1.82, 2.24) is 4.90 Å². The summed E-state index contributed by atoms with van der Waals surface area (Å²) in [5, 5.41) is 0. The highest BCUT2D eigenvalue weighted by molar-refractivity contribution is 5.99. The van der Waals surface area contributed by atoms with E-state index in [4.69, 9.17) is 15.2 Å². The number of para-hydroxylation sites is 1. The number of anilines is 1. The lowest BCUT2D eigenvalue weighted by molar-refractivity contribution is -0.0371. The third-order valence-electron chi connectivity index (χ3n) is 3.45. The van der Waals surface area contributed by atoms with Crippen LogP contribution >= 0.6 is 0 Å². The zero-order chi connectivity index (χ0) is 14.8.